The minimum Gasteiger partial charge on any atom is -0.457 e. The van der Waals surface area contributed by atoms with Gasteiger partial charge in [0.2, 0.25) is 15.9 Å². The molecule has 0 aromatic heterocycles. The molecule has 1 aliphatic rings. The molecule has 3 aromatic rings. The first kappa shape index (κ1) is 34.7. The van der Waals surface area contributed by atoms with Gasteiger partial charge >= 0.3 is 6.03 Å². The number of nitrogens with one attached hydrogen (secondary N) is 4. The lowest BCUT2D eigenvalue weighted by Crippen LogP contribution is -2.50. The van der Waals surface area contributed by atoms with E-state index in [-0.39, 0.29) is 30.4 Å². The van der Waals surface area contributed by atoms with Crippen LogP contribution in [0, 0.1) is 0 Å². The van der Waals surface area contributed by atoms with E-state index in [1.807, 2.05) is 12.1 Å². The van der Waals surface area contributed by atoms with Crippen LogP contribution in [-0.2, 0) is 21.4 Å². The zero-order chi connectivity index (χ0) is 30.8. The Bertz CT molecular complexity index is 1470. The van der Waals surface area contributed by atoms with Crippen LogP contribution in [0.5, 0.6) is 11.5 Å². The third-order valence-corrected chi connectivity index (χ3v) is 7.84. The number of anilines is 3. The van der Waals surface area contributed by atoms with Crippen LogP contribution in [0.25, 0.3) is 0 Å². The summed E-state index contributed by atoms with van der Waals surface area (Å²) in [4.78, 5) is 26.5. The monoisotopic (exact) mass is 643 g/mol. The molecule has 1 aliphatic heterocycles. The second-order valence-electron chi connectivity index (χ2n) is 11.0. The van der Waals surface area contributed by atoms with E-state index in [0.29, 0.717) is 34.6 Å². The Morgan fingerprint density at radius 2 is 1.45 bits per heavy atom. The van der Waals surface area contributed by atoms with Crippen molar-refractivity contribution in [2.45, 2.75) is 64.6 Å². The number of unbranched alkanes of at least 4 members (excludes halogenated alkanes) is 1. The van der Waals surface area contributed by atoms with Gasteiger partial charge in [-0.2, -0.15) is 0 Å². The summed E-state index contributed by atoms with van der Waals surface area (Å²) in [5.74, 6) is 1.18. The first-order valence-electron chi connectivity index (χ1n) is 14.6. The van der Waals surface area contributed by atoms with Crippen LogP contribution < -0.4 is 25.4 Å². The number of nitrogens with zero attached hydrogens (tertiary/aromatic N) is 1. The number of halogens is 1. The molecule has 2 atom stereocenters. The molecular weight excluding hydrogens is 602 g/mol. The molecule has 1 fully saturated rings. The predicted molar refractivity (Wildman–Crippen MR) is 178 cm³/mol. The molecule has 2 unspecified atom stereocenters. The maximum Gasteiger partial charge on any atom is 0.319 e. The lowest BCUT2D eigenvalue weighted by atomic mass is 9.93. The zero-order valence-corrected chi connectivity index (χ0v) is 27.0. The lowest BCUT2D eigenvalue weighted by Gasteiger charge is -2.40. The Labute approximate surface area is 266 Å². The van der Waals surface area contributed by atoms with Gasteiger partial charge in [0.1, 0.15) is 11.5 Å². The molecular formula is C32H42ClN5O5S. The first-order chi connectivity index (χ1) is 20.6. The molecule has 1 saturated heterocycles. The van der Waals surface area contributed by atoms with Gasteiger partial charge in [0, 0.05) is 49.2 Å². The number of carbonyl (C=O) groups is 2. The van der Waals surface area contributed by atoms with Crippen LogP contribution in [0.4, 0.5) is 21.9 Å². The number of hydrogen-bond acceptors (Lipinski definition) is 6. The van der Waals surface area contributed by atoms with Gasteiger partial charge in [-0.15, -0.1) is 12.4 Å². The van der Waals surface area contributed by atoms with Gasteiger partial charge in [0.05, 0.1) is 6.26 Å². The number of piperidine rings is 1. The maximum absolute atomic E-state index is 12.7. The largest absolute Gasteiger partial charge is 0.457 e. The number of likely N-dealkylation sites (tertiary alicyclic amines) is 1. The molecule has 0 saturated carbocycles. The number of sulfonamides is 1. The highest BCUT2D eigenvalue weighted by atomic mass is 35.5. The Morgan fingerprint density at radius 1 is 0.886 bits per heavy atom. The van der Waals surface area contributed by atoms with E-state index < -0.39 is 10.0 Å². The number of rotatable bonds is 12. The van der Waals surface area contributed by atoms with Crippen LogP contribution in [0.3, 0.4) is 0 Å². The molecule has 0 bridgehead atoms. The van der Waals surface area contributed by atoms with Gasteiger partial charge in [-0.25, -0.2) is 13.2 Å². The summed E-state index contributed by atoms with van der Waals surface area (Å²) in [5.41, 5.74) is 3.02. The molecule has 12 heteroatoms. The highest BCUT2D eigenvalue weighted by Gasteiger charge is 2.29. The van der Waals surface area contributed by atoms with Crippen molar-refractivity contribution in [1.29, 1.82) is 0 Å². The van der Waals surface area contributed by atoms with Crippen LogP contribution in [0.2, 0.25) is 0 Å². The fraction of sp³-hybridized carbons (Fsp3) is 0.375. The fourth-order valence-corrected chi connectivity index (χ4v) is 5.77. The molecule has 4 N–H and O–H groups in total. The van der Waals surface area contributed by atoms with Crippen molar-refractivity contribution in [3.63, 3.8) is 0 Å². The van der Waals surface area contributed by atoms with Crippen molar-refractivity contribution in [3.8, 4) is 11.5 Å². The van der Waals surface area contributed by atoms with Crippen molar-refractivity contribution in [1.82, 2.24) is 10.2 Å². The molecule has 3 amide bonds. The van der Waals surface area contributed by atoms with Gasteiger partial charge in [0.25, 0.3) is 0 Å². The minimum atomic E-state index is -3.33. The lowest BCUT2D eigenvalue weighted by molar-refractivity contribution is -0.114. The van der Waals surface area contributed by atoms with Crippen molar-refractivity contribution < 1.29 is 22.7 Å². The summed E-state index contributed by atoms with van der Waals surface area (Å²) >= 11 is 0. The molecule has 44 heavy (non-hydrogen) atoms. The normalized spacial score (nSPS) is 16.7. The average Bonchev–Trinajstić information content (AvgIpc) is 2.95. The predicted octanol–water partition coefficient (Wildman–Crippen LogP) is 6.58. The quantitative estimate of drug-likeness (QED) is 0.177. The molecule has 1 heterocycles. The molecule has 4 rings (SSSR count). The second kappa shape index (κ2) is 16.3. The Balaban J connectivity index is 0.00000529. The maximum atomic E-state index is 12.7. The topological polar surface area (TPSA) is 129 Å². The molecule has 0 radical (unpaired) electrons. The van der Waals surface area contributed by atoms with Crippen molar-refractivity contribution in [2.75, 3.05) is 28.2 Å². The summed E-state index contributed by atoms with van der Waals surface area (Å²) in [6.07, 6.45) is 6.19. The van der Waals surface area contributed by atoms with E-state index >= 15 is 0 Å². The standard InChI is InChI=1S/C32H41N5O5S.ClH/c1-4-5-6-29-21-28(35-32(39)34-26-11-9-25(10-12-26)33-23(2)38)19-20-37(29)22-24-7-15-30(16-8-24)42-31-17-13-27(14-18-31)36-43(3,40)41;/h7-18,28-29,36H,4-6,19-22H2,1-3H3,(H,33,38)(H2,34,35,39);1H. The third kappa shape index (κ3) is 11.4. The number of hydrogen-bond donors (Lipinski definition) is 4. The molecule has 10 nitrogen and oxygen atoms in total. The van der Waals surface area contributed by atoms with Gasteiger partial charge in [0.15, 0.2) is 0 Å². The molecule has 0 spiro atoms. The van der Waals surface area contributed by atoms with Gasteiger partial charge in [-0.05, 0) is 85.5 Å². The Morgan fingerprint density at radius 3 is 2.02 bits per heavy atom. The summed E-state index contributed by atoms with van der Waals surface area (Å²) < 4.78 is 31.2. The highest BCUT2D eigenvalue weighted by molar-refractivity contribution is 7.92. The van der Waals surface area contributed by atoms with E-state index in [1.165, 1.54) is 12.5 Å². The number of carbonyl (C=O) groups excluding carboxylic acids is 2. The summed E-state index contributed by atoms with van der Waals surface area (Å²) in [6, 6.07) is 22.1. The SMILES string of the molecule is CCCCC1CC(NC(=O)Nc2ccc(NC(C)=O)cc2)CCN1Cc1ccc(Oc2ccc(NS(C)(=O)=O)cc2)cc1.Cl. The van der Waals surface area contributed by atoms with E-state index in [2.05, 4.69) is 44.6 Å². The number of amides is 3. The van der Waals surface area contributed by atoms with Crippen LogP contribution in [0.15, 0.2) is 72.8 Å². The Hall–Kier alpha value is -3.80. The second-order valence-corrected chi connectivity index (χ2v) is 12.7. The van der Waals surface area contributed by atoms with E-state index in [1.54, 1.807) is 48.5 Å². The Kier molecular flexibility index (Phi) is 12.9. The van der Waals surface area contributed by atoms with Gasteiger partial charge < -0.3 is 20.7 Å². The molecule has 238 valence electrons. The van der Waals surface area contributed by atoms with E-state index in [0.717, 1.165) is 51.4 Å². The van der Waals surface area contributed by atoms with Gasteiger partial charge in [-0.1, -0.05) is 31.9 Å². The van der Waals surface area contributed by atoms with Crippen molar-refractivity contribution in [3.05, 3.63) is 78.4 Å². The smallest absolute Gasteiger partial charge is 0.319 e. The highest BCUT2D eigenvalue weighted by Crippen LogP contribution is 2.27. The first-order valence-corrected chi connectivity index (χ1v) is 16.5. The summed E-state index contributed by atoms with van der Waals surface area (Å²) in [6.45, 7) is 5.36. The van der Waals surface area contributed by atoms with Gasteiger partial charge in [-0.3, -0.25) is 14.4 Å². The van der Waals surface area contributed by atoms with Crippen LogP contribution in [0.1, 0.15) is 51.5 Å². The number of benzene rings is 3. The van der Waals surface area contributed by atoms with E-state index in [9.17, 15) is 18.0 Å². The molecule has 3 aromatic carbocycles. The summed E-state index contributed by atoms with van der Waals surface area (Å²) in [7, 11) is -3.33. The zero-order valence-electron chi connectivity index (χ0n) is 25.3. The minimum absolute atomic E-state index is 0. The van der Waals surface area contributed by atoms with Crippen LogP contribution >= 0.6 is 12.4 Å². The van der Waals surface area contributed by atoms with E-state index in [4.69, 9.17) is 4.74 Å². The number of urea groups is 1. The fourth-order valence-electron chi connectivity index (χ4n) is 5.21. The third-order valence-electron chi connectivity index (χ3n) is 7.23. The average molecular weight is 644 g/mol. The van der Waals surface area contributed by atoms with Crippen molar-refractivity contribution in [2.24, 2.45) is 0 Å². The number of ether oxygens (including phenoxy) is 1. The van der Waals surface area contributed by atoms with Crippen LogP contribution in [-0.4, -0.2) is 50.1 Å². The molecule has 0 aliphatic carbocycles. The van der Waals surface area contributed by atoms with Crippen molar-refractivity contribution >= 4 is 51.4 Å². The summed E-state index contributed by atoms with van der Waals surface area (Å²) in [5, 5.41) is 8.77.